The predicted molar refractivity (Wildman–Crippen MR) is 108 cm³/mol. The third kappa shape index (κ3) is 4.61. The van der Waals surface area contributed by atoms with E-state index in [4.69, 9.17) is 0 Å². The Morgan fingerprint density at radius 1 is 0.846 bits per heavy atom. The summed E-state index contributed by atoms with van der Waals surface area (Å²) >= 11 is 0. The van der Waals surface area contributed by atoms with Crippen molar-refractivity contribution >= 4 is 21.8 Å². The zero-order chi connectivity index (χ0) is 18.4. The maximum absolute atomic E-state index is 12.6. The van der Waals surface area contributed by atoms with Gasteiger partial charge in [0.1, 0.15) is 0 Å². The van der Waals surface area contributed by atoms with Crippen LogP contribution in [0, 0.1) is 6.92 Å². The normalized spacial score (nSPS) is 11.6. The molecule has 0 aliphatic heterocycles. The molecule has 1 N–H and O–H groups in total. The van der Waals surface area contributed by atoms with Gasteiger partial charge in [0.05, 0.1) is 10.6 Å². The summed E-state index contributed by atoms with van der Waals surface area (Å²) in [4.78, 5) is 0.262. The molecule has 0 amide bonds. The van der Waals surface area contributed by atoms with Crippen LogP contribution in [0.3, 0.4) is 0 Å². The molecule has 0 saturated heterocycles. The minimum atomic E-state index is -3.60. The first-order chi connectivity index (χ1) is 12.5. The van der Waals surface area contributed by atoms with E-state index < -0.39 is 10.0 Å². The lowest BCUT2D eigenvalue weighted by Gasteiger charge is -2.12. The molecule has 0 spiro atoms. The number of aryl methyl sites for hydroxylation is 1. The fraction of sp³-hybridized carbons (Fsp3) is 0.0909. The first kappa shape index (κ1) is 18.0. The van der Waals surface area contributed by atoms with Crippen molar-refractivity contribution in [2.45, 2.75) is 18.2 Å². The highest BCUT2D eigenvalue weighted by atomic mass is 32.2. The van der Waals surface area contributed by atoms with Crippen LogP contribution in [0.5, 0.6) is 0 Å². The molecular formula is C22H21NO2S. The van der Waals surface area contributed by atoms with Gasteiger partial charge < -0.3 is 0 Å². The van der Waals surface area contributed by atoms with Gasteiger partial charge in [0.2, 0.25) is 0 Å². The Balaban J connectivity index is 1.78. The van der Waals surface area contributed by atoms with Crippen molar-refractivity contribution < 1.29 is 8.42 Å². The Labute approximate surface area is 155 Å². The molecular weight excluding hydrogens is 342 g/mol. The van der Waals surface area contributed by atoms with Crippen molar-refractivity contribution in [3.63, 3.8) is 0 Å². The number of nitrogens with one attached hydrogen (secondary N) is 1. The third-order valence-corrected chi connectivity index (χ3v) is 5.42. The molecule has 0 fully saturated rings. The smallest absolute Gasteiger partial charge is 0.261 e. The zero-order valence-corrected chi connectivity index (χ0v) is 15.4. The lowest BCUT2D eigenvalue weighted by atomic mass is 10.1. The number of hydrogen-bond acceptors (Lipinski definition) is 2. The van der Waals surface area contributed by atoms with E-state index in [0.717, 1.165) is 16.7 Å². The summed E-state index contributed by atoms with van der Waals surface area (Å²) in [6.45, 7) is 1.93. The van der Waals surface area contributed by atoms with E-state index in [1.165, 1.54) is 0 Å². The summed E-state index contributed by atoms with van der Waals surface area (Å²) in [7, 11) is -3.60. The van der Waals surface area contributed by atoms with Crippen LogP contribution in [0.25, 0.3) is 6.08 Å². The molecule has 0 aromatic heterocycles. The van der Waals surface area contributed by atoms with E-state index in [9.17, 15) is 8.42 Å². The topological polar surface area (TPSA) is 46.2 Å². The standard InChI is InChI=1S/C22H21NO2S/c1-18-14-16-21(17-15-18)26(24,25)23-22-13-6-5-11-20(22)12-7-10-19-8-3-2-4-9-19/h2-11,13-17,23H,12H2,1H3. The Hall–Kier alpha value is -2.85. The Morgan fingerprint density at radius 3 is 2.23 bits per heavy atom. The molecule has 26 heavy (non-hydrogen) atoms. The Morgan fingerprint density at radius 2 is 1.50 bits per heavy atom. The molecule has 0 bridgehead atoms. The van der Waals surface area contributed by atoms with E-state index >= 15 is 0 Å². The van der Waals surface area contributed by atoms with Crippen molar-refractivity contribution in [1.29, 1.82) is 0 Å². The average molecular weight is 363 g/mol. The van der Waals surface area contributed by atoms with Crippen molar-refractivity contribution in [3.8, 4) is 0 Å². The quantitative estimate of drug-likeness (QED) is 0.666. The highest BCUT2D eigenvalue weighted by Gasteiger charge is 2.15. The summed E-state index contributed by atoms with van der Waals surface area (Å²) in [5.41, 5.74) is 3.67. The lowest BCUT2D eigenvalue weighted by molar-refractivity contribution is 0.601. The second-order valence-electron chi connectivity index (χ2n) is 6.09. The van der Waals surface area contributed by atoms with E-state index in [2.05, 4.69) is 4.72 Å². The Bertz CT molecular complexity index is 992. The fourth-order valence-electron chi connectivity index (χ4n) is 2.61. The van der Waals surface area contributed by atoms with Gasteiger partial charge >= 0.3 is 0 Å². The van der Waals surface area contributed by atoms with Crippen LogP contribution in [0.4, 0.5) is 5.69 Å². The number of rotatable bonds is 6. The fourth-order valence-corrected chi connectivity index (χ4v) is 3.71. The number of hydrogen-bond donors (Lipinski definition) is 1. The number of benzene rings is 3. The van der Waals surface area contributed by atoms with E-state index in [-0.39, 0.29) is 4.90 Å². The molecule has 0 aliphatic carbocycles. The second-order valence-corrected chi connectivity index (χ2v) is 7.78. The predicted octanol–water partition coefficient (Wildman–Crippen LogP) is 5.05. The van der Waals surface area contributed by atoms with Crippen molar-refractivity contribution in [2.24, 2.45) is 0 Å². The van der Waals surface area contributed by atoms with Crippen LogP contribution in [-0.4, -0.2) is 8.42 Å². The minimum absolute atomic E-state index is 0.262. The van der Waals surface area contributed by atoms with Gasteiger partial charge in [-0.05, 0) is 42.7 Å². The van der Waals surface area contributed by atoms with Crippen LogP contribution in [-0.2, 0) is 16.4 Å². The van der Waals surface area contributed by atoms with Crippen molar-refractivity contribution in [2.75, 3.05) is 4.72 Å². The number of sulfonamides is 1. The van der Waals surface area contributed by atoms with Crippen LogP contribution in [0.2, 0.25) is 0 Å². The van der Waals surface area contributed by atoms with E-state index in [1.54, 1.807) is 30.3 Å². The summed E-state index contributed by atoms with van der Waals surface area (Å²) < 4.78 is 28.0. The van der Waals surface area contributed by atoms with Crippen molar-refractivity contribution in [1.82, 2.24) is 0 Å². The molecule has 3 aromatic rings. The highest BCUT2D eigenvalue weighted by molar-refractivity contribution is 7.92. The molecule has 0 heterocycles. The maximum atomic E-state index is 12.6. The average Bonchev–Trinajstić information content (AvgIpc) is 2.64. The molecule has 0 saturated carbocycles. The second kappa shape index (κ2) is 8.02. The monoisotopic (exact) mass is 363 g/mol. The van der Waals surface area contributed by atoms with Crippen LogP contribution in [0.15, 0.2) is 89.8 Å². The van der Waals surface area contributed by atoms with Gasteiger partial charge in [0.15, 0.2) is 0 Å². The first-order valence-corrected chi connectivity index (χ1v) is 9.92. The van der Waals surface area contributed by atoms with Gasteiger partial charge in [-0.2, -0.15) is 0 Å². The van der Waals surface area contributed by atoms with Gasteiger partial charge in [-0.3, -0.25) is 4.72 Å². The highest BCUT2D eigenvalue weighted by Crippen LogP contribution is 2.21. The van der Waals surface area contributed by atoms with Gasteiger partial charge in [-0.15, -0.1) is 0 Å². The van der Waals surface area contributed by atoms with Crippen LogP contribution >= 0.6 is 0 Å². The van der Waals surface area contributed by atoms with E-state index in [1.807, 2.05) is 67.6 Å². The largest absolute Gasteiger partial charge is 0.279 e. The molecule has 0 unspecified atom stereocenters. The third-order valence-electron chi connectivity index (χ3n) is 4.04. The first-order valence-electron chi connectivity index (χ1n) is 8.43. The zero-order valence-electron chi connectivity index (χ0n) is 14.6. The minimum Gasteiger partial charge on any atom is -0.279 e. The van der Waals surface area contributed by atoms with Gasteiger partial charge in [0.25, 0.3) is 10.0 Å². The summed E-state index contributed by atoms with van der Waals surface area (Å²) in [5.74, 6) is 0. The molecule has 0 aliphatic rings. The molecule has 132 valence electrons. The Kier molecular flexibility index (Phi) is 5.54. The maximum Gasteiger partial charge on any atom is 0.261 e. The molecule has 3 rings (SSSR count). The van der Waals surface area contributed by atoms with Crippen molar-refractivity contribution in [3.05, 3.63) is 102 Å². The molecule has 0 radical (unpaired) electrons. The summed E-state index contributed by atoms with van der Waals surface area (Å²) in [5, 5.41) is 0. The number of allylic oxidation sites excluding steroid dienone is 1. The van der Waals surface area contributed by atoms with Crippen LogP contribution in [0.1, 0.15) is 16.7 Å². The van der Waals surface area contributed by atoms with E-state index in [0.29, 0.717) is 12.1 Å². The molecule has 3 aromatic carbocycles. The summed E-state index contributed by atoms with van der Waals surface area (Å²) in [6, 6.07) is 24.3. The summed E-state index contributed by atoms with van der Waals surface area (Å²) in [6.07, 6.45) is 4.71. The number of anilines is 1. The van der Waals surface area contributed by atoms with Crippen LogP contribution < -0.4 is 4.72 Å². The molecule has 3 nitrogen and oxygen atoms in total. The molecule has 4 heteroatoms. The van der Waals surface area contributed by atoms with Gasteiger partial charge in [0, 0.05) is 0 Å². The van der Waals surface area contributed by atoms with Gasteiger partial charge in [-0.25, -0.2) is 8.42 Å². The SMILES string of the molecule is Cc1ccc(S(=O)(=O)Nc2ccccc2CC=Cc2ccccc2)cc1. The van der Waals surface area contributed by atoms with Gasteiger partial charge in [-0.1, -0.05) is 78.4 Å². The molecule has 0 atom stereocenters. The lowest BCUT2D eigenvalue weighted by Crippen LogP contribution is -2.14. The number of para-hydroxylation sites is 1.